The predicted octanol–water partition coefficient (Wildman–Crippen LogP) is 5.73. The molecule has 4 heteroatoms. The van der Waals surface area contributed by atoms with Gasteiger partial charge in [0.15, 0.2) is 0 Å². The molecule has 0 spiro atoms. The first-order valence-electron chi connectivity index (χ1n) is 6.57. The van der Waals surface area contributed by atoms with Crippen LogP contribution in [0.5, 0.6) is 0 Å². The van der Waals surface area contributed by atoms with Gasteiger partial charge in [-0.25, -0.2) is 0 Å². The lowest BCUT2D eigenvalue weighted by molar-refractivity contribution is 0.529. The minimum absolute atomic E-state index is 0.231. The first-order chi connectivity index (χ1) is 9.70. The molecule has 2 aromatic rings. The Balaban J connectivity index is 2.07. The summed E-state index contributed by atoms with van der Waals surface area (Å²) in [5.74, 6) is 0.249. The molecule has 0 saturated carbocycles. The summed E-state index contributed by atoms with van der Waals surface area (Å²) < 4.78 is 0. The third-order valence-corrected chi connectivity index (χ3v) is 4.67. The van der Waals surface area contributed by atoms with Crippen LogP contribution < -0.4 is 0 Å². The summed E-state index contributed by atoms with van der Waals surface area (Å²) in [6.07, 6.45) is 1.66. The smallest absolute Gasteiger partial charge is 0.117 e. The fourth-order valence-corrected chi connectivity index (χ4v) is 3.26. The number of fused-ring (bicyclic) bond motifs is 1. The molecule has 20 heavy (non-hydrogen) atoms. The lowest BCUT2D eigenvalue weighted by Gasteiger charge is -2.28. The van der Waals surface area contributed by atoms with Gasteiger partial charge < -0.3 is 0 Å². The van der Waals surface area contributed by atoms with E-state index in [1.807, 2.05) is 36.4 Å². The number of halogens is 2. The van der Waals surface area contributed by atoms with Gasteiger partial charge in [0.1, 0.15) is 6.04 Å². The highest BCUT2D eigenvalue weighted by molar-refractivity contribution is 6.42. The summed E-state index contributed by atoms with van der Waals surface area (Å²) in [5.41, 5.74) is 3.34. The van der Waals surface area contributed by atoms with E-state index in [4.69, 9.17) is 23.2 Å². The van der Waals surface area contributed by atoms with Crippen molar-refractivity contribution in [2.75, 3.05) is 0 Å². The van der Waals surface area contributed by atoms with Crippen molar-refractivity contribution in [3.63, 3.8) is 0 Å². The Labute approximate surface area is 127 Å². The Hall–Kier alpha value is -1.38. The van der Waals surface area contributed by atoms with Crippen molar-refractivity contribution in [2.45, 2.75) is 24.8 Å². The second kappa shape index (κ2) is 5.55. The monoisotopic (exact) mass is 305 g/mol. The van der Waals surface area contributed by atoms with Crippen molar-refractivity contribution in [1.29, 1.82) is 0 Å². The molecule has 0 fully saturated rings. The molecule has 0 radical (unpaired) electrons. The normalized spacial score (nSPS) is 21.3. The molecule has 0 amide bonds. The summed E-state index contributed by atoms with van der Waals surface area (Å²) in [6.45, 7) is 0. The fourth-order valence-electron chi connectivity index (χ4n) is 2.95. The number of benzene rings is 2. The first kappa shape index (κ1) is 13.6. The first-order valence-corrected chi connectivity index (χ1v) is 7.32. The standard InChI is InChI=1S/C16H13Cl2NO/c17-14-7-5-10(9-15(14)18)11-6-8-16(19-20)13-4-2-1-3-12(11)13/h1-5,7,9,11,16H,6,8H2/t11-,16?/m0/s1. The molecule has 0 saturated heterocycles. The van der Waals surface area contributed by atoms with Crippen LogP contribution in [0, 0.1) is 4.91 Å². The minimum atomic E-state index is -0.231. The van der Waals surface area contributed by atoms with Crippen molar-refractivity contribution in [2.24, 2.45) is 5.18 Å². The molecule has 0 N–H and O–H groups in total. The molecule has 2 nitrogen and oxygen atoms in total. The van der Waals surface area contributed by atoms with Gasteiger partial charge in [-0.05, 0) is 41.7 Å². The van der Waals surface area contributed by atoms with Crippen LogP contribution in [-0.4, -0.2) is 0 Å². The highest BCUT2D eigenvalue weighted by Gasteiger charge is 2.28. The van der Waals surface area contributed by atoms with Gasteiger partial charge in [0.05, 0.1) is 10.0 Å². The minimum Gasteiger partial charge on any atom is -0.150 e. The van der Waals surface area contributed by atoms with E-state index in [1.165, 1.54) is 5.56 Å². The summed E-state index contributed by atoms with van der Waals surface area (Å²) in [7, 11) is 0. The summed E-state index contributed by atoms with van der Waals surface area (Å²) in [4.78, 5) is 11.0. The maximum absolute atomic E-state index is 11.0. The molecule has 102 valence electrons. The van der Waals surface area contributed by atoms with Gasteiger partial charge in [0.25, 0.3) is 0 Å². The maximum Gasteiger partial charge on any atom is 0.117 e. The zero-order valence-electron chi connectivity index (χ0n) is 10.7. The van der Waals surface area contributed by atoms with Gasteiger partial charge >= 0.3 is 0 Å². The number of hydrogen-bond acceptors (Lipinski definition) is 2. The third kappa shape index (κ3) is 2.34. The van der Waals surface area contributed by atoms with Crippen molar-refractivity contribution in [1.82, 2.24) is 0 Å². The highest BCUT2D eigenvalue weighted by Crippen LogP contribution is 2.43. The zero-order valence-corrected chi connectivity index (χ0v) is 12.2. The van der Waals surface area contributed by atoms with E-state index in [2.05, 4.69) is 11.2 Å². The van der Waals surface area contributed by atoms with Gasteiger partial charge in [-0.3, -0.25) is 0 Å². The Morgan fingerprint density at radius 3 is 2.40 bits per heavy atom. The van der Waals surface area contributed by atoms with E-state index < -0.39 is 0 Å². The molecular formula is C16H13Cl2NO. The Morgan fingerprint density at radius 1 is 0.950 bits per heavy atom. The Kier molecular flexibility index (Phi) is 3.77. The van der Waals surface area contributed by atoms with Crippen LogP contribution in [0.25, 0.3) is 0 Å². The summed E-state index contributed by atoms with van der Waals surface area (Å²) in [6, 6.07) is 13.5. The molecule has 2 atom stereocenters. The van der Waals surface area contributed by atoms with Gasteiger partial charge in [0, 0.05) is 5.92 Å². The van der Waals surface area contributed by atoms with Crippen molar-refractivity contribution >= 4 is 23.2 Å². The van der Waals surface area contributed by atoms with Crippen LogP contribution in [0.4, 0.5) is 0 Å². The molecule has 2 aromatic carbocycles. The molecular weight excluding hydrogens is 293 g/mol. The maximum atomic E-state index is 11.0. The number of rotatable bonds is 2. The summed E-state index contributed by atoms with van der Waals surface area (Å²) in [5, 5.41) is 4.38. The Bertz CT molecular complexity index is 657. The lowest BCUT2D eigenvalue weighted by atomic mass is 9.77. The topological polar surface area (TPSA) is 29.4 Å². The van der Waals surface area contributed by atoms with Crippen molar-refractivity contribution < 1.29 is 0 Å². The van der Waals surface area contributed by atoms with Gasteiger partial charge in [-0.2, -0.15) is 4.91 Å². The number of hydrogen-bond donors (Lipinski definition) is 0. The van der Waals surface area contributed by atoms with Crippen LogP contribution in [0.3, 0.4) is 0 Å². The fraction of sp³-hybridized carbons (Fsp3) is 0.250. The quantitative estimate of drug-likeness (QED) is 0.652. The van der Waals surface area contributed by atoms with Crippen molar-refractivity contribution in [3.8, 4) is 0 Å². The highest BCUT2D eigenvalue weighted by atomic mass is 35.5. The molecule has 0 bridgehead atoms. The average Bonchev–Trinajstić information content (AvgIpc) is 2.49. The second-order valence-electron chi connectivity index (χ2n) is 5.05. The molecule has 3 rings (SSSR count). The van der Waals surface area contributed by atoms with Crippen LogP contribution >= 0.6 is 23.2 Å². The lowest BCUT2D eigenvalue weighted by Crippen LogP contribution is -2.14. The van der Waals surface area contributed by atoms with E-state index in [9.17, 15) is 4.91 Å². The van der Waals surface area contributed by atoms with Gasteiger partial charge in [-0.1, -0.05) is 58.7 Å². The Morgan fingerprint density at radius 2 is 1.70 bits per heavy atom. The molecule has 0 aliphatic heterocycles. The van der Waals surface area contributed by atoms with E-state index in [0.29, 0.717) is 10.0 Å². The van der Waals surface area contributed by atoms with Crippen LogP contribution in [-0.2, 0) is 0 Å². The SMILES string of the molecule is O=NC1CC[C@@H](c2ccc(Cl)c(Cl)c2)c2ccccc21. The van der Waals surface area contributed by atoms with E-state index in [-0.39, 0.29) is 12.0 Å². The van der Waals surface area contributed by atoms with Crippen LogP contribution in [0.1, 0.15) is 41.5 Å². The average molecular weight is 306 g/mol. The van der Waals surface area contributed by atoms with Gasteiger partial charge in [-0.15, -0.1) is 0 Å². The third-order valence-electron chi connectivity index (χ3n) is 3.93. The molecule has 1 aliphatic rings. The van der Waals surface area contributed by atoms with Crippen LogP contribution in [0.2, 0.25) is 10.0 Å². The molecule has 0 heterocycles. The zero-order chi connectivity index (χ0) is 14.1. The van der Waals surface area contributed by atoms with Crippen LogP contribution in [0.15, 0.2) is 47.6 Å². The number of nitrogens with zero attached hydrogens (tertiary/aromatic N) is 1. The van der Waals surface area contributed by atoms with E-state index in [0.717, 1.165) is 24.0 Å². The van der Waals surface area contributed by atoms with E-state index in [1.54, 1.807) is 0 Å². The predicted molar refractivity (Wildman–Crippen MR) is 82.5 cm³/mol. The largest absolute Gasteiger partial charge is 0.150 e. The molecule has 0 aromatic heterocycles. The second-order valence-corrected chi connectivity index (χ2v) is 5.87. The summed E-state index contributed by atoms with van der Waals surface area (Å²) >= 11 is 12.1. The van der Waals surface area contributed by atoms with Gasteiger partial charge in [0.2, 0.25) is 0 Å². The molecule has 1 aliphatic carbocycles. The van der Waals surface area contributed by atoms with E-state index >= 15 is 0 Å². The molecule has 1 unspecified atom stereocenters. The number of nitroso groups, excluding NO2 is 1. The van der Waals surface area contributed by atoms with Crippen molar-refractivity contribution in [3.05, 3.63) is 74.1 Å².